The molecule has 0 bridgehead atoms. The van der Waals surface area contributed by atoms with Crippen LogP contribution < -0.4 is 4.74 Å². The van der Waals surface area contributed by atoms with Crippen molar-refractivity contribution in [2.45, 2.75) is 38.6 Å². The van der Waals surface area contributed by atoms with Crippen LogP contribution in [0, 0.1) is 6.92 Å². The second kappa shape index (κ2) is 7.06. The van der Waals surface area contributed by atoms with Gasteiger partial charge < -0.3 is 14.7 Å². The van der Waals surface area contributed by atoms with Crippen molar-refractivity contribution in [1.29, 1.82) is 0 Å². The minimum atomic E-state index is -0.953. The van der Waals surface area contributed by atoms with E-state index < -0.39 is 5.97 Å². The summed E-state index contributed by atoms with van der Waals surface area (Å²) in [5, 5.41) is 13.4. The summed E-state index contributed by atoms with van der Waals surface area (Å²) in [7, 11) is 0. The van der Waals surface area contributed by atoms with Gasteiger partial charge >= 0.3 is 5.97 Å². The van der Waals surface area contributed by atoms with Crippen LogP contribution >= 0.6 is 0 Å². The molecule has 2 aliphatic rings. The van der Waals surface area contributed by atoms with Gasteiger partial charge in [-0.2, -0.15) is 5.10 Å². The third-order valence-corrected chi connectivity index (χ3v) is 5.55. The van der Waals surface area contributed by atoms with Gasteiger partial charge in [-0.3, -0.25) is 9.48 Å². The van der Waals surface area contributed by atoms with Gasteiger partial charge in [0.25, 0.3) is 0 Å². The summed E-state index contributed by atoms with van der Waals surface area (Å²) in [5.41, 5.74) is 3.13. The molecule has 1 aromatic carbocycles. The third kappa shape index (κ3) is 3.41. The van der Waals surface area contributed by atoms with Crippen molar-refractivity contribution in [3.63, 3.8) is 0 Å². The first-order chi connectivity index (χ1) is 13.0. The van der Waals surface area contributed by atoms with Crippen LogP contribution in [-0.4, -0.2) is 51.4 Å². The number of fused-ring (bicyclic) bond motifs is 1. The largest absolute Gasteiger partial charge is 0.493 e. The molecule has 0 unspecified atom stereocenters. The van der Waals surface area contributed by atoms with Gasteiger partial charge in [0, 0.05) is 19.5 Å². The Hall–Kier alpha value is -2.83. The van der Waals surface area contributed by atoms with E-state index in [1.54, 1.807) is 11.6 Å². The number of likely N-dealkylation sites (tertiary alicyclic amines) is 1. The fourth-order valence-corrected chi connectivity index (χ4v) is 4.00. The minimum Gasteiger partial charge on any atom is -0.493 e. The van der Waals surface area contributed by atoms with E-state index in [2.05, 4.69) is 11.2 Å². The van der Waals surface area contributed by atoms with Crippen LogP contribution in [0.5, 0.6) is 5.75 Å². The summed E-state index contributed by atoms with van der Waals surface area (Å²) in [6.07, 6.45) is 4.29. The zero-order chi connectivity index (χ0) is 19.0. The summed E-state index contributed by atoms with van der Waals surface area (Å²) >= 11 is 0. The number of benzene rings is 1. The number of hydrogen-bond donors (Lipinski definition) is 1. The van der Waals surface area contributed by atoms with Crippen molar-refractivity contribution in [2.75, 3.05) is 19.7 Å². The molecule has 0 saturated carbocycles. The van der Waals surface area contributed by atoms with Gasteiger partial charge in [-0.15, -0.1) is 0 Å². The lowest BCUT2D eigenvalue weighted by molar-refractivity contribution is -0.131. The average Bonchev–Trinajstić information content (AvgIpc) is 3.27. The van der Waals surface area contributed by atoms with Crippen LogP contribution in [0.15, 0.2) is 24.4 Å². The molecule has 27 heavy (non-hydrogen) atoms. The predicted molar refractivity (Wildman–Crippen MR) is 98.1 cm³/mol. The molecule has 1 N–H and O–H groups in total. The number of carboxylic acid groups (broad SMARTS) is 1. The van der Waals surface area contributed by atoms with E-state index in [0.29, 0.717) is 25.2 Å². The Bertz CT molecular complexity index is 881. The standard InChI is InChI=1S/C20H23N3O4/c1-13-17(20(25)26)12-21-23(13)16-4-7-22(8-5-16)19(24)11-14-2-3-18-15(10-14)6-9-27-18/h2-3,10,12,16H,4-9,11H2,1H3,(H,25,26). The van der Waals surface area contributed by atoms with Crippen LogP contribution in [0.4, 0.5) is 0 Å². The smallest absolute Gasteiger partial charge is 0.339 e. The Kier molecular flexibility index (Phi) is 4.59. The maximum absolute atomic E-state index is 12.7. The molecule has 1 amide bonds. The van der Waals surface area contributed by atoms with Crippen molar-refractivity contribution < 1.29 is 19.4 Å². The van der Waals surface area contributed by atoms with Crippen molar-refractivity contribution in [3.05, 3.63) is 46.8 Å². The zero-order valence-corrected chi connectivity index (χ0v) is 15.4. The molecule has 1 saturated heterocycles. The fourth-order valence-electron chi connectivity index (χ4n) is 4.00. The molecule has 1 aromatic heterocycles. The normalized spacial score (nSPS) is 16.9. The van der Waals surface area contributed by atoms with E-state index >= 15 is 0 Å². The van der Waals surface area contributed by atoms with Crippen LogP contribution in [0.2, 0.25) is 0 Å². The van der Waals surface area contributed by atoms with E-state index in [0.717, 1.165) is 37.2 Å². The number of amides is 1. The van der Waals surface area contributed by atoms with Crippen molar-refractivity contribution in [1.82, 2.24) is 14.7 Å². The SMILES string of the molecule is Cc1c(C(=O)O)cnn1C1CCN(C(=O)Cc2ccc3c(c2)CCO3)CC1. The third-order valence-electron chi connectivity index (χ3n) is 5.55. The van der Waals surface area contributed by atoms with E-state index in [1.165, 1.54) is 11.8 Å². The maximum atomic E-state index is 12.7. The van der Waals surface area contributed by atoms with E-state index in [-0.39, 0.29) is 17.5 Å². The lowest BCUT2D eigenvalue weighted by Crippen LogP contribution is -2.40. The molecule has 1 fully saturated rings. The Morgan fingerprint density at radius 1 is 1.30 bits per heavy atom. The Labute approximate surface area is 157 Å². The Morgan fingerprint density at radius 3 is 2.78 bits per heavy atom. The molecule has 3 heterocycles. The molecule has 2 aliphatic heterocycles. The van der Waals surface area contributed by atoms with Crippen LogP contribution in [-0.2, 0) is 17.6 Å². The van der Waals surface area contributed by atoms with Crippen molar-refractivity contribution in [3.8, 4) is 5.75 Å². The topological polar surface area (TPSA) is 84.7 Å². The quantitative estimate of drug-likeness (QED) is 0.893. The summed E-state index contributed by atoms with van der Waals surface area (Å²) < 4.78 is 7.31. The number of aromatic nitrogens is 2. The fraction of sp³-hybridized carbons (Fsp3) is 0.450. The predicted octanol–water partition coefficient (Wildman–Crippen LogP) is 2.23. The summed E-state index contributed by atoms with van der Waals surface area (Å²) in [4.78, 5) is 25.8. The summed E-state index contributed by atoms with van der Waals surface area (Å²) in [5.74, 6) is 0.115. The molecule has 4 rings (SSSR count). The Morgan fingerprint density at radius 2 is 2.07 bits per heavy atom. The molecular formula is C20H23N3O4. The van der Waals surface area contributed by atoms with E-state index in [4.69, 9.17) is 4.74 Å². The number of carboxylic acids is 1. The second-order valence-electron chi connectivity index (χ2n) is 7.22. The number of aromatic carboxylic acids is 1. The summed E-state index contributed by atoms with van der Waals surface area (Å²) in [6.45, 7) is 3.83. The Balaban J connectivity index is 1.36. The highest BCUT2D eigenvalue weighted by molar-refractivity contribution is 5.88. The molecule has 0 spiro atoms. The van der Waals surface area contributed by atoms with Crippen molar-refractivity contribution >= 4 is 11.9 Å². The number of carbonyl (C=O) groups excluding carboxylic acids is 1. The van der Waals surface area contributed by atoms with Gasteiger partial charge in [-0.05, 0) is 37.0 Å². The second-order valence-corrected chi connectivity index (χ2v) is 7.22. The first kappa shape index (κ1) is 17.6. The number of rotatable bonds is 4. The lowest BCUT2D eigenvalue weighted by Gasteiger charge is -2.32. The molecule has 142 valence electrons. The van der Waals surface area contributed by atoms with Crippen LogP contribution in [0.1, 0.15) is 46.1 Å². The minimum absolute atomic E-state index is 0.135. The number of carbonyl (C=O) groups is 2. The summed E-state index contributed by atoms with van der Waals surface area (Å²) in [6, 6.07) is 6.14. The number of piperidine rings is 1. The van der Waals surface area contributed by atoms with Crippen molar-refractivity contribution in [2.24, 2.45) is 0 Å². The molecule has 0 atom stereocenters. The monoisotopic (exact) mass is 369 g/mol. The van der Waals surface area contributed by atoms with Gasteiger partial charge in [0.15, 0.2) is 0 Å². The first-order valence-electron chi connectivity index (χ1n) is 9.32. The number of hydrogen-bond acceptors (Lipinski definition) is 4. The van der Waals surface area contributed by atoms with Gasteiger partial charge in [-0.1, -0.05) is 12.1 Å². The molecule has 2 aromatic rings. The number of ether oxygens (including phenoxy) is 1. The van der Waals surface area contributed by atoms with Gasteiger partial charge in [0.05, 0.1) is 31.0 Å². The van der Waals surface area contributed by atoms with Gasteiger partial charge in [0.1, 0.15) is 11.3 Å². The van der Waals surface area contributed by atoms with Crippen LogP contribution in [0.3, 0.4) is 0 Å². The highest BCUT2D eigenvalue weighted by Gasteiger charge is 2.26. The van der Waals surface area contributed by atoms with Gasteiger partial charge in [0.2, 0.25) is 5.91 Å². The van der Waals surface area contributed by atoms with Crippen LogP contribution in [0.25, 0.3) is 0 Å². The molecule has 7 nitrogen and oxygen atoms in total. The first-order valence-corrected chi connectivity index (χ1v) is 9.32. The molecule has 7 heteroatoms. The maximum Gasteiger partial charge on any atom is 0.339 e. The molecular weight excluding hydrogens is 346 g/mol. The van der Waals surface area contributed by atoms with E-state index in [9.17, 15) is 14.7 Å². The van der Waals surface area contributed by atoms with Gasteiger partial charge in [-0.25, -0.2) is 4.79 Å². The highest BCUT2D eigenvalue weighted by Crippen LogP contribution is 2.27. The van der Waals surface area contributed by atoms with E-state index in [1.807, 2.05) is 17.0 Å². The molecule has 0 aliphatic carbocycles. The number of nitrogens with zero attached hydrogens (tertiary/aromatic N) is 3. The molecule has 0 radical (unpaired) electrons. The zero-order valence-electron chi connectivity index (χ0n) is 15.4. The average molecular weight is 369 g/mol. The lowest BCUT2D eigenvalue weighted by atomic mass is 10.0. The highest BCUT2D eigenvalue weighted by atomic mass is 16.5.